The van der Waals surface area contributed by atoms with E-state index in [1.54, 1.807) is 17.2 Å². The van der Waals surface area contributed by atoms with Crippen LogP contribution in [0.4, 0.5) is 0 Å². The standard InChI is InChI=1S/C5H8OS/c1-2-7-5-3-4-6/h3-5H,2H2,1H3. The molecular formula is C5H8OS. The minimum atomic E-state index is 0.780. The highest BCUT2D eigenvalue weighted by Crippen LogP contribution is 1.97. The molecule has 0 heterocycles. The Bertz CT molecular complexity index is 68.5. The molecule has 2 heteroatoms. The summed E-state index contributed by atoms with van der Waals surface area (Å²) < 4.78 is 0. The van der Waals surface area contributed by atoms with Gasteiger partial charge in [-0.2, -0.15) is 0 Å². The second-order valence-electron chi connectivity index (χ2n) is 0.920. The Kier molecular flexibility index (Phi) is 5.56. The third kappa shape index (κ3) is 5.76. The van der Waals surface area contributed by atoms with Crippen LogP contribution in [0.15, 0.2) is 11.5 Å². The first-order valence-electron chi connectivity index (χ1n) is 2.13. The van der Waals surface area contributed by atoms with E-state index in [1.165, 1.54) is 6.08 Å². The molecule has 0 aromatic rings. The molecule has 0 bridgehead atoms. The highest BCUT2D eigenvalue weighted by molar-refractivity contribution is 8.02. The van der Waals surface area contributed by atoms with Crippen LogP contribution in [-0.2, 0) is 4.79 Å². The number of hydrogen-bond acceptors (Lipinski definition) is 2. The molecule has 0 aromatic carbocycles. The maximum absolute atomic E-state index is 9.58. The highest BCUT2D eigenvalue weighted by atomic mass is 32.2. The van der Waals surface area contributed by atoms with Crippen molar-refractivity contribution in [1.82, 2.24) is 0 Å². The van der Waals surface area contributed by atoms with Crippen molar-refractivity contribution in [2.45, 2.75) is 6.92 Å². The molecule has 0 aliphatic carbocycles. The Balaban J connectivity index is 2.92. The van der Waals surface area contributed by atoms with Crippen LogP contribution in [-0.4, -0.2) is 12.0 Å². The third-order valence-corrected chi connectivity index (χ3v) is 1.10. The molecule has 0 N–H and O–H groups in total. The van der Waals surface area contributed by atoms with Crippen molar-refractivity contribution in [3.8, 4) is 0 Å². The zero-order valence-electron chi connectivity index (χ0n) is 4.26. The number of carbonyl (C=O) groups is 1. The summed E-state index contributed by atoms with van der Waals surface area (Å²) in [7, 11) is 0. The molecule has 1 nitrogen and oxygen atoms in total. The topological polar surface area (TPSA) is 17.1 Å². The Hall–Kier alpha value is -0.240. The van der Waals surface area contributed by atoms with Gasteiger partial charge in [0, 0.05) is 0 Å². The molecular weight excluding hydrogens is 108 g/mol. The summed E-state index contributed by atoms with van der Waals surface area (Å²) >= 11 is 1.62. The molecule has 0 aliphatic rings. The molecule has 0 aromatic heterocycles. The predicted molar refractivity (Wildman–Crippen MR) is 33.3 cm³/mol. The van der Waals surface area contributed by atoms with Gasteiger partial charge in [0.15, 0.2) is 0 Å². The number of thioether (sulfide) groups is 1. The molecule has 0 aliphatic heterocycles. The first-order chi connectivity index (χ1) is 3.41. The average Bonchev–Trinajstić information content (AvgIpc) is 1.69. The van der Waals surface area contributed by atoms with Gasteiger partial charge in [-0.25, -0.2) is 0 Å². The SMILES string of the molecule is CCSC=CC=O. The first-order valence-corrected chi connectivity index (χ1v) is 3.18. The van der Waals surface area contributed by atoms with Crippen molar-refractivity contribution in [2.75, 3.05) is 5.75 Å². The smallest absolute Gasteiger partial charge is 0.143 e. The summed E-state index contributed by atoms with van der Waals surface area (Å²) in [5.41, 5.74) is 0. The molecule has 0 amide bonds. The summed E-state index contributed by atoms with van der Waals surface area (Å²) in [6.45, 7) is 2.04. The van der Waals surface area contributed by atoms with Crippen molar-refractivity contribution in [3.05, 3.63) is 11.5 Å². The second-order valence-corrected chi connectivity index (χ2v) is 2.10. The summed E-state index contributed by atoms with van der Waals surface area (Å²) in [5, 5.41) is 1.78. The quantitative estimate of drug-likeness (QED) is 0.410. The predicted octanol–water partition coefficient (Wildman–Crippen LogP) is 1.45. The molecule has 0 saturated carbocycles. The fourth-order valence-corrected chi connectivity index (χ4v) is 0.552. The van der Waals surface area contributed by atoms with E-state index in [4.69, 9.17) is 0 Å². The summed E-state index contributed by atoms with van der Waals surface area (Å²) in [4.78, 5) is 9.58. The summed E-state index contributed by atoms with van der Waals surface area (Å²) in [5.74, 6) is 1.03. The Morgan fingerprint density at radius 1 is 1.71 bits per heavy atom. The largest absolute Gasteiger partial charge is 0.299 e. The molecule has 0 unspecified atom stereocenters. The zero-order valence-corrected chi connectivity index (χ0v) is 5.07. The van der Waals surface area contributed by atoms with E-state index < -0.39 is 0 Å². The van der Waals surface area contributed by atoms with Gasteiger partial charge in [-0.3, -0.25) is 4.79 Å². The van der Waals surface area contributed by atoms with Crippen molar-refractivity contribution < 1.29 is 4.79 Å². The Labute approximate surface area is 47.8 Å². The lowest BCUT2D eigenvalue weighted by atomic mass is 10.7. The van der Waals surface area contributed by atoms with Gasteiger partial charge in [0.2, 0.25) is 0 Å². The molecule has 0 saturated heterocycles. The van der Waals surface area contributed by atoms with Crippen LogP contribution in [0, 0.1) is 0 Å². The Morgan fingerprint density at radius 3 is 2.86 bits per heavy atom. The fourth-order valence-electron chi connectivity index (χ4n) is 0.184. The van der Waals surface area contributed by atoms with Gasteiger partial charge in [0.1, 0.15) is 6.29 Å². The van der Waals surface area contributed by atoms with E-state index >= 15 is 0 Å². The van der Waals surface area contributed by atoms with Crippen molar-refractivity contribution in [3.63, 3.8) is 0 Å². The van der Waals surface area contributed by atoms with E-state index in [1.807, 2.05) is 6.92 Å². The molecule has 0 rings (SSSR count). The van der Waals surface area contributed by atoms with Gasteiger partial charge < -0.3 is 0 Å². The lowest BCUT2D eigenvalue weighted by Crippen LogP contribution is -1.58. The van der Waals surface area contributed by atoms with E-state index in [0.29, 0.717) is 0 Å². The fraction of sp³-hybridized carbons (Fsp3) is 0.400. The lowest BCUT2D eigenvalue weighted by molar-refractivity contribution is -0.104. The summed E-state index contributed by atoms with van der Waals surface area (Å²) in [6.07, 6.45) is 2.27. The summed E-state index contributed by atoms with van der Waals surface area (Å²) in [6, 6.07) is 0. The lowest BCUT2D eigenvalue weighted by Gasteiger charge is -1.76. The van der Waals surface area contributed by atoms with Gasteiger partial charge >= 0.3 is 0 Å². The number of rotatable bonds is 3. The number of carbonyl (C=O) groups excluding carboxylic acids is 1. The minimum Gasteiger partial charge on any atom is -0.299 e. The second kappa shape index (κ2) is 5.76. The molecule has 0 spiro atoms. The van der Waals surface area contributed by atoms with E-state index in [2.05, 4.69) is 0 Å². The van der Waals surface area contributed by atoms with Gasteiger partial charge in [-0.15, -0.1) is 11.8 Å². The van der Waals surface area contributed by atoms with Crippen molar-refractivity contribution in [2.24, 2.45) is 0 Å². The van der Waals surface area contributed by atoms with Crippen LogP contribution in [0.5, 0.6) is 0 Å². The van der Waals surface area contributed by atoms with Crippen LogP contribution in [0.25, 0.3) is 0 Å². The number of allylic oxidation sites excluding steroid dienone is 1. The van der Waals surface area contributed by atoms with Gasteiger partial charge in [0.05, 0.1) is 0 Å². The van der Waals surface area contributed by atoms with E-state index in [0.717, 1.165) is 12.0 Å². The maximum Gasteiger partial charge on any atom is 0.143 e. The highest BCUT2D eigenvalue weighted by Gasteiger charge is 1.67. The molecule has 0 radical (unpaired) electrons. The molecule has 40 valence electrons. The number of aldehydes is 1. The van der Waals surface area contributed by atoms with Crippen molar-refractivity contribution >= 4 is 18.0 Å². The van der Waals surface area contributed by atoms with Gasteiger partial charge in [-0.1, -0.05) is 6.92 Å². The van der Waals surface area contributed by atoms with Crippen LogP contribution in [0.1, 0.15) is 6.92 Å². The van der Waals surface area contributed by atoms with Crippen LogP contribution in [0.2, 0.25) is 0 Å². The van der Waals surface area contributed by atoms with Crippen LogP contribution in [0.3, 0.4) is 0 Å². The minimum absolute atomic E-state index is 0.780. The van der Waals surface area contributed by atoms with E-state index in [-0.39, 0.29) is 0 Å². The van der Waals surface area contributed by atoms with Crippen LogP contribution >= 0.6 is 11.8 Å². The number of hydrogen-bond donors (Lipinski definition) is 0. The third-order valence-electron chi connectivity index (χ3n) is 0.420. The molecule has 0 fully saturated rings. The zero-order chi connectivity index (χ0) is 5.54. The van der Waals surface area contributed by atoms with E-state index in [9.17, 15) is 4.79 Å². The average molecular weight is 116 g/mol. The monoisotopic (exact) mass is 116 g/mol. The van der Waals surface area contributed by atoms with Crippen molar-refractivity contribution in [1.29, 1.82) is 0 Å². The first kappa shape index (κ1) is 6.76. The maximum atomic E-state index is 9.58. The molecule has 7 heavy (non-hydrogen) atoms. The van der Waals surface area contributed by atoms with Gasteiger partial charge in [-0.05, 0) is 17.2 Å². The molecule has 0 atom stereocenters. The Morgan fingerprint density at radius 2 is 2.43 bits per heavy atom. The van der Waals surface area contributed by atoms with Gasteiger partial charge in [0.25, 0.3) is 0 Å². The normalized spacial score (nSPS) is 9.86. The van der Waals surface area contributed by atoms with Crippen LogP contribution < -0.4 is 0 Å².